The van der Waals surface area contributed by atoms with Crippen LogP contribution in [0.4, 0.5) is 10.8 Å². The molecular weight excluding hydrogens is 450 g/mol. The summed E-state index contributed by atoms with van der Waals surface area (Å²) in [6.07, 6.45) is 3.31. The molecule has 3 aromatic heterocycles. The molecule has 0 fully saturated rings. The van der Waals surface area contributed by atoms with Crippen molar-refractivity contribution in [1.29, 1.82) is 0 Å². The minimum Gasteiger partial charge on any atom is -0.455 e. The Morgan fingerprint density at radius 3 is 2.75 bits per heavy atom. The molecule has 0 radical (unpaired) electrons. The number of nitrogens with zero attached hydrogens (tertiary/aromatic N) is 5. The molecule has 4 aromatic rings. The van der Waals surface area contributed by atoms with Crippen LogP contribution in [0, 0.1) is 20.8 Å². The lowest BCUT2D eigenvalue weighted by Crippen LogP contribution is -2.24. The molecular formula is C22H20ClN5O3S. The molecule has 4 rings (SSSR count). The van der Waals surface area contributed by atoms with Crippen molar-refractivity contribution in [2.75, 3.05) is 4.90 Å². The van der Waals surface area contributed by atoms with E-state index in [1.54, 1.807) is 30.8 Å². The van der Waals surface area contributed by atoms with Gasteiger partial charge in [-0.3, -0.25) is 9.69 Å². The molecule has 8 nitrogen and oxygen atoms in total. The van der Waals surface area contributed by atoms with E-state index in [4.69, 9.17) is 16.3 Å². The summed E-state index contributed by atoms with van der Waals surface area (Å²) in [5, 5.41) is 6.94. The van der Waals surface area contributed by atoms with Crippen LogP contribution in [0.15, 0.2) is 36.0 Å². The van der Waals surface area contributed by atoms with Crippen LogP contribution in [0.1, 0.15) is 39.8 Å². The molecule has 3 heterocycles. The van der Waals surface area contributed by atoms with Gasteiger partial charge in [0.15, 0.2) is 10.8 Å². The number of ether oxygens (including phenoxy) is 1. The van der Waals surface area contributed by atoms with E-state index in [0.717, 1.165) is 11.1 Å². The van der Waals surface area contributed by atoms with Crippen molar-refractivity contribution in [3.05, 3.63) is 69.1 Å². The molecule has 164 valence electrons. The van der Waals surface area contributed by atoms with Crippen LogP contribution >= 0.6 is 22.9 Å². The number of fused-ring (bicyclic) bond motifs is 1. The number of aryl methyl sites for hydroxylation is 3. The van der Waals surface area contributed by atoms with Gasteiger partial charge in [-0.05, 0) is 44.0 Å². The van der Waals surface area contributed by atoms with Crippen molar-refractivity contribution in [3.8, 4) is 0 Å². The molecule has 0 saturated heterocycles. The molecule has 1 amide bonds. The number of amides is 1. The summed E-state index contributed by atoms with van der Waals surface area (Å²) in [6.45, 7) is 6.97. The Morgan fingerprint density at radius 2 is 2.03 bits per heavy atom. The Bertz CT molecular complexity index is 1320. The third kappa shape index (κ3) is 4.09. The molecule has 32 heavy (non-hydrogen) atoms. The fourth-order valence-electron chi connectivity index (χ4n) is 3.49. The van der Waals surface area contributed by atoms with Crippen LogP contribution in [0.25, 0.3) is 5.65 Å². The van der Waals surface area contributed by atoms with Crippen molar-refractivity contribution in [1.82, 2.24) is 19.6 Å². The van der Waals surface area contributed by atoms with Crippen molar-refractivity contribution in [2.24, 2.45) is 0 Å². The zero-order valence-electron chi connectivity index (χ0n) is 17.9. The normalized spacial score (nSPS) is 11.0. The molecule has 0 bridgehead atoms. The van der Waals surface area contributed by atoms with Gasteiger partial charge in [-0.15, -0.1) is 11.3 Å². The number of esters is 1. The maximum atomic E-state index is 12.7. The van der Waals surface area contributed by atoms with Crippen molar-refractivity contribution < 1.29 is 14.3 Å². The van der Waals surface area contributed by atoms with Crippen LogP contribution in [0.2, 0.25) is 5.02 Å². The Balaban J connectivity index is 1.56. The summed E-state index contributed by atoms with van der Waals surface area (Å²) < 4.78 is 7.00. The summed E-state index contributed by atoms with van der Waals surface area (Å²) in [4.78, 5) is 35.3. The molecule has 0 spiro atoms. The third-order valence-electron chi connectivity index (χ3n) is 4.79. The SMILES string of the molecule is CC(=O)N(c1nc(COC(=O)c2c(C)nn3cccnc23)cs1)c1c(C)cc(C)cc1Cl. The first-order valence-electron chi connectivity index (χ1n) is 9.75. The van der Waals surface area contributed by atoms with Gasteiger partial charge >= 0.3 is 5.97 Å². The lowest BCUT2D eigenvalue weighted by molar-refractivity contribution is -0.115. The lowest BCUT2D eigenvalue weighted by Gasteiger charge is -2.22. The maximum absolute atomic E-state index is 12.7. The number of hydrogen-bond donors (Lipinski definition) is 0. The Labute approximate surface area is 193 Å². The quantitative estimate of drug-likeness (QED) is 0.390. The molecule has 0 atom stereocenters. The van der Waals surface area contributed by atoms with Crippen LogP contribution in [-0.2, 0) is 16.1 Å². The van der Waals surface area contributed by atoms with Gasteiger partial charge in [0.1, 0.15) is 12.2 Å². The van der Waals surface area contributed by atoms with E-state index in [2.05, 4.69) is 15.1 Å². The summed E-state index contributed by atoms with van der Waals surface area (Å²) in [7, 11) is 0. The van der Waals surface area contributed by atoms with Gasteiger partial charge < -0.3 is 4.74 Å². The highest BCUT2D eigenvalue weighted by Crippen LogP contribution is 2.37. The fraction of sp³-hybridized carbons (Fsp3) is 0.227. The number of hydrogen-bond acceptors (Lipinski definition) is 7. The number of benzene rings is 1. The van der Waals surface area contributed by atoms with Gasteiger partial charge in [0, 0.05) is 24.7 Å². The second-order valence-electron chi connectivity index (χ2n) is 7.31. The fourth-order valence-corrected chi connectivity index (χ4v) is 4.75. The molecule has 10 heteroatoms. The van der Waals surface area contributed by atoms with E-state index in [-0.39, 0.29) is 12.5 Å². The van der Waals surface area contributed by atoms with Gasteiger partial charge in [-0.2, -0.15) is 5.10 Å². The average molecular weight is 470 g/mol. The highest BCUT2D eigenvalue weighted by atomic mass is 35.5. The van der Waals surface area contributed by atoms with E-state index < -0.39 is 5.97 Å². The van der Waals surface area contributed by atoms with E-state index in [0.29, 0.717) is 38.4 Å². The van der Waals surface area contributed by atoms with Crippen LogP contribution in [-0.4, -0.2) is 31.5 Å². The van der Waals surface area contributed by atoms with E-state index in [1.165, 1.54) is 27.7 Å². The predicted octanol–water partition coefficient (Wildman–Crippen LogP) is 4.81. The monoisotopic (exact) mass is 469 g/mol. The largest absolute Gasteiger partial charge is 0.455 e. The first kappa shape index (κ1) is 21.9. The van der Waals surface area contributed by atoms with Crippen molar-refractivity contribution in [3.63, 3.8) is 0 Å². The smallest absolute Gasteiger partial charge is 0.344 e. The summed E-state index contributed by atoms with van der Waals surface area (Å²) in [5.74, 6) is -0.753. The number of carbonyl (C=O) groups excluding carboxylic acids is 2. The highest BCUT2D eigenvalue weighted by molar-refractivity contribution is 7.14. The summed E-state index contributed by atoms with van der Waals surface area (Å²) >= 11 is 7.72. The Hall–Kier alpha value is -3.30. The minimum absolute atomic E-state index is 0.0503. The van der Waals surface area contributed by atoms with Gasteiger partial charge in [-0.25, -0.2) is 19.3 Å². The minimum atomic E-state index is -0.536. The second-order valence-corrected chi connectivity index (χ2v) is 8.56. The highest BCUT2D eigenvalue weighted by Gasteiger charge is 2.24. The van der Waals surface area contributed by atoms with Gasteiger partial charge in [0.25, 0.3) is 0 Å². The average Bonchev–Trinajstić information content (AvgIpc) is 3.31. The summed E-state index contributed by atoms with van der Waals surface area (Å²) in [6, 6.07) is 5.50. The topological polar surface area (TPSA) is 89.7 Å². The number of halogens is 1. The van der Waals surface area contributed by atoms with E-state index >= 15 is 0 Å². The van der Waals surface area contributed by atoms with Crippen LogP contribution < -0.4 is 4.90 Å². The van der Waals surface area contributed by atoms with Crippen LogP contribution in [0.5, 0.6) is 0 Å². The lowest BCUT2D eigenvalue weighted by atomic mass is 10.1. The number of aromatic nitrogens is 4. The first-order valence-corrected chi connectivity index (χ1v) is 11.0. The molecule has 0 aliphatic heterocycles. The number of rotatable bonds is 5. The number of thiazole rings is 1. The zero-order valence-corrected chi connectivity index (χ0v) is 19.5. The molecule has 0 unspecified atom stereocenters. The van der Waals surface area contributed by atoms with Gasteiger partial charge in [0.05, 0.1) is 22.1 Å². The predicted molar refractivity (Wildman–Crippen MR) is 123 cm³/mol. The Kier molecular flexibility index (Phi) is 5.94. The van der Waals surface area contributed by atoms with E-state index in [9.17, 15) is 9.59 Å². The molecule has 0 saturated carbocycles. The molecule has 0 aliphatic carbocycles. The van der Waals surface area contributed by atoms with E-state index in [1.807, 2.05) is 26.0 Å². The third-order valence-corrected chi connectivity index (χ3v) is 5.96. The van der Waals surface area contributed by atoms with Gasteiger partial charge in [0.2, 0.25) is 5.91 Å². The zero-order chi connectivity index (χ0) is 23.0. The van der Waals surface area contributed by atoms with Crippen molar-refractivity contribution >= 4 is 51.3 Å². The maximum Gasteiger partial charge on any atom is 0.344 e. The summed E-state index contributed by atoms with van der Waals surface area (Å²) in [5.41, 5.74) is 4.26. The molecule has 0 aliphatic rings. The number of carbonyl (C=O) groups is 2. The number of anilines is 2. The Morgan fingerprint density at radius 1 is 1.25 bits per heavy atom. The van der Waals surface area contributed by atoms with Crippen molar-refractivity contribution in [2.45, 2.75) is 34.3 Å². The molecule has 0 N–H and O–H groups in total. The first-order chi connectivity index (χ1) is 15.3. The van der Waals surface area contributed by atoms with Gasteiger partial charge in [-0.1, -0.05) is 17.7 Å². The standard InChI is InChI=1S/C22H20ClN5O3S/c1-12-8-13(2)19(17(23)9-12)28(15(4)29)22-25-16(11-32-22)10-31-21(30)18-14(3)26-27-7-5-6-24-20(18)27/h5-9,11H,10H2,1-4H3. The molecule has 1 aromatic carbocycles. The second kappa shape index (κ2) is 8.68. The van der Waals surface area contributed by atoms with Crippen LogP contribution in [0.3, 0.4) is 0 Å².